The first-order chi connectivity index (χ1) is 7.00. The van der Waals surface area contributed by atoms with Crippen LogP contribution in [0, 0.1) is 0 Å². The van der Waals surface area contributed by atoms with E-state index in [0.717, 1.165) is 13.1 Å². The lowest BCUT2D eigenvalue weighted by Gasteiger charge is -2.33. The van der Waals surface area contributed by atoms with Gasteiger partial charge in [-0.2, -0.15) is 0 Å². The van der Waals surface area contributed by atoms with Gasteiger partial charge in [0.25, 0.3) is 0 Å². The zero-order chi connectivity index (χ0) is 11.4. The highest BCUT2D eigenvalue weighted by atomic mass is 16.5. The predicted octanol–water partition coefficient (Wildman–Crippen LogP) is 0.574. The molecule has 0 aromatic rings. The van der Waals surface area contributed by atoms with Gasteiger partial charge in [-0.05, 0) is 27.8 Å². The van der Waals surface area contributed by atoms with Crippen LogP contribution >= 0.6 is 0 Å². The van der Waals surface area contributed by atoms with E-state index in [-0.39, 0.29) is 12.0 Å². The smallest absolute Gasteiger partial charge is 0.236 e. The van der Waals surface area contributed by atoms with Crippen LogP contribution in [0.1, 0.15) is 20.8 Å². The Bertz CT molecular complexity index is 219. The molecule has 0 aromatic heterocycles. The van der Waals surface area contributed by atoms with Crippen LogP contribution in [0.5, 0.6) is 0 Å². The molecule has 1 saturated heterocycles. The fourth-order valence-corrected chi connectivity index (χ4v) is 1.54. The quantitative estimate of drug-likeness (QED) is 0.689. The van der Waals surface area contributed by atoms with E-state index in [1.54, 1.807) is 0 Å². The molecule has 1 unspecified atom stereocenters. The van der Waals surface area contributed by atoms with Crippen molar-refractivity contribution in [3.05, 3.63) is 0 Å². The second-order valence-corrected chi connectivity index (χ2v) is 4.53. The average Bonchev–Trinajstić information content (AvgIpc) is 2.17. The molecule has 1 fully saturated rings. The van der Waals surface area contributed by atoms with E-state index in [4.69, 9.17) is 4.74 Å². The zero-order valence-electron chi connectivity index (χ0n) is 10.2. The molecule has 0 N–H and O–H groups in total. The number of nitrogens with zero attached hydrogens (tertiary/aromatic N) is 2. The number of likely N-dealkylation sites (N-methyl/N-ethyl adjacent to an activating group) is 1. The average molecular weight is 214 g/mol. The maximum absolute atomic E-state index is 11.9. The first-order valence-electron chi connectivity index (χ1n) is 5.60. The topological polar surface area (TPSA) is 32.8 Å². The molecule has 0 saturated carbocycles. The van der Waals surface area contributed by atoms with Crippen LogP contribution in [0.15, 0.2) is 0 Å². The van der Waals surface area contributed by atoms with Crippen molar-refractivity contribution in [1.82, 2.24) is 9.80 Å². The van der Waals surface area contributed by atoms with Crippen molar-refractivity contribution in [2.24, 2.45) is 0 Å². The molecule has 1 rings (SSSR count). The largest absolute Gasteiger partial charge is 0.375 e. The van der Waals surface area contributed by atoms with Gasteiger partial charge in [-0.15, -0.1) is 0 Å². The van der Waals surface area contributed by atoms with Crippen molar-refractivity contribution >= 4 is 5.91 Å². The summed E-state index contributed by atoms with van der Waals surface area (Å²) in [5.41, 5.74) is 0. The third kappa shape index (κ3) is 3.80. The molecule has 0 radical (unpaired) electrons. The van der Waals surface area contributed by atoms with Crippen LogP contribution in [-0.4, -0.2) is 61.1 Å². The molecule has 1 amide bonds. The molecular formula is C11H22N2O2. The maximum atomic E-state index is 11.9. The van der Waals surface area contributed by atoms with E-state index in [1.165, 1.54) is 0 Å². The Morgan fingerprint density at radius 2 is 2.27 bits per heavy atom. The Balaban J connectivity index is 2.39. The number of ether oxygens (including phenoxy) is 1. The number of amides is 1. The van der Waals surface area contributed by atoms with E-state index >= 15 is 0 Å². The van der Waals surface area contributed by atoms with Gasteiger partial charge in [0.15, 0.2) is 0 Å². The minimum absolute atomic E-state index is 0.173. The van der Waals surface area contributed by atoms with Gasteiger partial charge in [0.2, 0.25) is 5.91 Å². The van der Waals surface area contributed by atoms with E-state index in [0.29, 0.717) is 19.2 Å². The summed E-state index contributed by atoms with van der Waals surface area (Å²) in [5, 5.41) is 0. The third-order valence-corrected chi connectivity index (χ3v) is 2.86. The Morgan fingerprint density at radius 3 is 2.80 bits per heavy atom. The lowest BCUT2D eigenvalue weighted by Crippen LogP contribution is -2.48. The summed E-state index contributed by atoms with van der Waals surface area (Å²) in [7, 11) is 1.98. The van der Waals surface area contributed by atoms with Crippen LogP contribution in [-0.2, 0) is 9.53 Å². The van der Waals surface area contributed by atoms with Crippen molar-refractivity contribution in [2.45, 2.75) is 32.9 Å². The van der Waals surface area contributed by atoms with Gasteiger partial charge in [0.1, 0.15) is 0 Å². The standard InChI is InChI=1S/C11H22N2O2/c1-9(2)12(4)8-11(14)13-5-6-15-10(3)7-13/h9-10H,5-8H2,1-4H3. The minimum atomic E-state index is 0.173. The van der Waals surface area contributed by atoms with Crippen molar-refractivity contribution in [3.8, 4) is 0 Å². The van der Waals surface area contributed by atoms with Crippen LogP contribution in [0.2, 0.25) is 0 Å². The Kier molecular flexibility index (Phi) is 4.54. The van der Waals surface area contributed by atoms with Crippen LogP contribution in [0.4, 0.5) is 0 Å². The number of rotatable bonds is 3. The summed E-state index contributed by atoms with van der Waals surface area (Å²) in [5.74, 6) is 0.210. The molecule has 4 heteroatoms. The van der Waals surface area contributed by atoms with E-state index in [1.807, 2.05) is 18.9 Å². The van der Waals surface area contributed by atoms with Gasteiger partial charge in [-0.3, -0.25) is 9.69 Å². The molecule has 0 aromatic carbocycles. The van der Waals surface area contributed by atoms with Gasteiger partial charge in [-0.1, -0.05) is 0 Å². The van der Waals surface area contributed by atoms with Gasteiger partial charge in [0, 0.05) is 19.1 Å². The first-order valence-corrected chi connectivity index (χ1v) is 5.60. The molecule has 4 nitrogen and oxygen atoms in total. The number of carbonyl (C=O) groups is 1. The first kappa shape index (κ1) is 12.5. The van der Waals surface area contributed by atoms with Crippen molar-refractivity contribution in [2.75, 3.05) is 33.3 Å². The molecular weight excluding hydrogens is 192 g/mol. The van der Waals surface area contributed by atoms with Crippen LogP contribution < -0.4 is 0 Å². The summed E-state index contributed by atoms with van der Waals surface area (Å²) < 4.78 is 5.40. The summed E-state index contributed by atoms with van der Waals surface area (Å²) in [6.45, 7) is 8.82. The SMILES string of the molecule is CC1CN(C(=O)CN(C)C(C)C)CCO1. The summed E-state index contributed by atoms with van der Waals surface area (Å²) >= 11 is 0. The monoisotopic (exact) mass is 214 g/mol. The maximum Gasteiger partial charge on any atom is 0.236 e. The molecule has 0 bridgehead atoms. The van der Waals surface area contributed by atoms with Crippen LogP contribution in [0.25, 0.3) is 0 Å². The normalized spacial score (nSPS) is 22.5. The molecule has 0 aliphatic carbocycles. The Morgan fingerprint density at radius 1 is 1.60 bits per heavy atom. The lowest BCUT2D eigenvalue weighted by molar-refractivity contribution is -0.139. The summed E-state index contributed by atoms with van der Waals surface area (Å²) in [6.07, 6.45) is 0.173. The number of hydrogen-bond donors (Lipinski definition) is 0. The number of morpholine rings is 1. The van der Waals surface area contributed by atoms with E-state index in [2.05, 4.69) is 18.7 Å². The van der Waals surface area contributed by atoms with E-state index < -0.39 is 0 Å². The van der Waals surface area contributed by atoms with E-state index in [9.17, 15) is 4.79 Å². The van der Waals surface area contributed by atoms with Gasteiger partial charge in [0.05, 0.1) is 19.3 Å². The highest BCUT2D eigenvalue weighted by Gasteiger charge is 2.22. The van der Waals surface area contributed by atoms with Crippen LogP contribution in [0.3, 0.4) is 0 Å². The van der Waals surface area contributed by atoms with Gasteiger partial charge in [-0.25, -0.2) is 0 Å². The lowest BCUT2D eigenvalue weighted by atomic mass is 10.3. The molecule has 1 aliphatic heterocycles. The van der Waals surface area contributed by atoms with Crippen molar-refractivity contribution < 1.29 is 9.53 Å². The second kappa shape index (κ2) is 5.47. The minimum Gasteiger partial charge on any atom is -0.375 e. The molecule has 15 heavy (non-hydrogen) atoms. The predicted molar refractivity (Wildman–Crippen MR) is 59.8 cm³/mol. The fourth-order valence-electron chi connectivity index (χ4n) is 1.54. The van der Waals surface area contributed by atoms with Gasteiger partial charge >= 0.3 is 0 Å². The number of hydrogen-bond acceptors (Lipinski definition) is 3. The molecule has 0 spiro atoms. The zero-order valence-corrected chi connectivity index (χ0v) is 10.2. The highest BCUT2D eigenvalue weighted by molar-refractivity contribution is 5.78. The Labute approximate surface area is 92.2 Å². The van der Waals surface area contributed by atoms with Gasteiger partial charge < -0.3 is 9.64 Å². The van der Waals surface area contributed by atoms with Crippen molar-refractivity contribution in [1.29, 1.82) is 0 Å². The number of carbonyl (C=O) groups excluding carboxylic acids is 1. The molecule has 1 atom stereocenters. The molecule has 1 aliphatic rings. The second-order valence-electron chi connectivity index (χ2n) is 4.53. The fraction of sp³-hybridized carbons (Fsp3) is 0.909. The molecule has 88 valence electrons. The summed E-state index contributed by atoms with van der Waals surface area (Å²) in [4.78, 5) is 15.8. The molecule has 1 heterocycles. The summed E-state index contributed by atoms with van der Waals surface area (Å²) in [6, 6.07) is 0.410. The Hall–Kier alpha value is -0.610. The third-order valence-electron chi connectivity index (χ3n) is 2.86. The van der Waals surface area contributed by atoms with Crippen molar-refractivity contribution in [3.63, 3.8) is 0 Å². The highest BCUT2D eigenvalue weighted by Crippen LogP contribution is 2.05.